The summed E-state index contributed by atoms with van der Waals surface area (Å²) in [7, 11) is 0. The molecule has 5 heteroatoms. The van der Waals surface area contributed by atoms with Crippen molar-refractivity contribution in [2.75, 3.05) is 13.2 Å². The zero-order valence-electron chi connectivity index (χ0n) is 13.5. The molecule has 1 aromatic carbocycles. The highest BCUT2D eigenvalue weighted by Gasteiger charge is 2.29. The number of carbonyl (C=O) groups excluding carboxylic acids is 1. The molecule has 0 bridgehead atoms. The number of aromatic amines is 1. The molecule has 1 aromatic heterocycles. The molecule has 1 aliphatic rings. The summed E-state index contributed by atoms with van der Waals surface area (Å²) in [4.78, 5) is 14.6. The van der Waals surface area contributed by atoms with Crippen molar-refractivity contribution in [2.24, 2.45) is 0 Å². The van der Waals surface area contributed by atoms with Gasteiger partial charge >= 0.3 is 0 Å². The average Bonchev–Trinajstić information content (AvgIpc) is 3.01. The molecule has 2 heterocycles. The van der Waals surface area contributed by atoms with Crippen LogP contribution in [0.4, 0.5) is 0 Å². The van der Waals surface area contributed by atoms with E-state index in [4.69, 9.17) is 4.74 Å². The molecule has 23 heavy (non-hydrogen) atoms. The molecule has 1 saturated heterocycles. The van der Waals surface area contributed by atoms with Crippen LogP contribution < -0.4 is 4.74 Å². The summed E-state index contributed by atoms with van der Waals surface area (Å²) in [6.45, 7) is 3.26. The van der Waals surface area contributed by atoms with Crippen molar-refractivity contribution in [1.29, 1.82) is 0 Å². The second-order valence-electron chi connectivity index (χ2n) is 5.98. The van der Waals surface area contributed by atoms with Gasteiger partial charge in [-0.05, 0) is 43.9 Å². The van der Waals surface area contributed by atoms with Crippen LogP contribution in [0.3, 0.4) is 0 Å². The lowest BCUT2D eigenvalue weighted by molar-refractivity contribution is -0.135. The van der Waals surface area contributed by atoms with Gasteiger partial charge in [-0.15, -0.1) is 0 Å². The number of ether oxygens (including phenoxy) is 1. The number of aryl methyl sites for hydroxylation is 1. The number of nitrogens with zero attached hydrogens (tertiary/aromatic N) is 2. The van der Waals surface area contributed by atoms with E-state index >= 15 is 0 Å². The van der Waals surface area contributed by atoms with E-state index in [2.05, 4.69) is 10.2 Å². The first-order valence-corrected chi connectivity index (χ1v) is 8.23. The number of likely N-dealkylation sites (tertiary alicyclic amines) is 1. The summed E-state index contributed by atoms with van der Waals surface area (Å²) < 4.78 is 5.65. The summed E-state index contributed by atoms with van der Waals surface area (Å²) >= 11 is 0. The Morgan fingerprint density at radius 1 is 1.35 bits per heavy atom. The van der Waals surface area contributed by atoms with E-state index in [1.807, 2.05) is 48.4 Å². The summed E-state index contributed by atoms with van der Waals surface area (Å²) in [6, 6.07) is 9.74. The molecule has 0 radical (unpaired) electrons. The van der Waals surface area contributed by atoms with Crippen molar-refractivity contribution in [1.82, 2.24) is 15.1 Å². The number of aromatic nitrogens is 2. The Balaban J connectivity index is 1.59. The Morgan fingerprint density at radius 2 is 2.17 bits per heavy atom. The SMILES string of the molecule is Cc1cn[nH]c1[C@H]1CCCCN1C(=O)CCOc1ccccc1. The van der Waals surface area contributed by atoms with Gasteiger partial charge in [-0.1, -0.05) is 18.2 Å². The lowest BCUT2D eigenvalue weighted by Crippen LogP contribution is -2.39. The highest BCUT2D eigenvalue weighted by Crippen LogP contribution is 2.31. The summed E-state index contributed by atoms with van der Waals surface area (Å²) in [6.07, 6.45) is 5.43. The molecule has 1 atom stereocenters. The van der Waals surface area contributed by atoms with Gasteiger partial charge in [0.15, 0.2) is 0 Å². The van der Waals surface area contributed by atoms with Crippen molar-refractivity contribution >= 4 is 5.91 Å². The molecule has 1 amide bonds. The smallest absolute Gasteiger partial charge is 0.226 e. The number of piperidine rings is 1. The minimum atomic E-state index is 0.121. The lowest BCUT2D eigenvalue weighted by Gasteiger charge is -2.35. The number of hydrogen-bond donors (Lipinski definition) is 1. The first kappa shape index (κ1) is 15.6. The molecule has 122 valence electrons. The number of benzene rings is 1. The largest absolute Gasteiger partial charge is 0.493 e. The van der Waals surface area contributed by atoms with Crippen molar-refractivity contribution in [3.8, 4) is 5.75 Å². The number of nitrogens with one attached hydrogen (secondary N) is 1. The minimum Gasteiger partial charge on any atom is -0.493 e. The van der Waals surface area contributed by atoms with E-state index in [1.165, 1.54) is 0 Å². The molecular weight excluding hydrogens is 290 g/mol. The van der Waals surface area contributed by atoms with Gasteiger partial charge in [-0.25, -0.2) is 0 Å². The van der Waals surface area contributed by atoms with E-state index in [0.29, 0.717) is 13.0 Å². The molecule has 0 saturated carbocycles. The molecule has 2 aromatic rings. The average molecular weight is 313 g/mol. The van der Waals surface area contributed by atoms with E-state index in [-0.39, 0.29) is 11.9 Å². The Bertz CT molecular complexity index is 639. The second kappa shape index (κ2) is 7.31. The number of hydrogen-bond acceptors (Lipinski definition) is 3. The van der Waals surface area contributed by atoms with Crippen LogP contribution in [-0.4, -0.2) is 34.2 Å². The van der Waals surface area contributed by atoms with Crippen LogP contribution in [0.2, 0.25) is 0 Å². The monoisotopic (exact) mass is 313 g/mol. The molecule has 1 N–H and O–H groups in total. The lowest BCUT2D eigenvalue weighted by atomic mass is 9.97. The number of rotatable bonds is 5. The fraction of sp³-hybridized carbons (Fsp3) is 0.444. The normalized spacial score (nSPS) is 18.0. The number of carbonyl (C=O) groups is 1. The number of amides is 1. The first-order valence-electron chi connectivity index (χ1n) is 8.23. The van der Waals surface area contributed by atoms with E-state index in [1.54, 1.807) is 0 Å². The molecule has 3 rings (SSSR count). The standard InChI is InChI=1S/C18H23N3O2/c1-14-13-19-20-18(14)16-9-5-6-11-21(16)17(22)10-12-23-15-7-3-2-4-8-15/h2-4,7-8,13,16H,5-6,9-12H2,1H3,(H,19,20)/t16-/m1/s1. The van der Waals surface area contributed by atoms with Crippen molar-refractivity contribution in [3.05, 3.63) is 47.8 Å². The predicted octanol–water partition coefficient (Wildman–Crippen LogP) is 3.24. The maximum atomic E-state index is 12.6. The Morgan fingerprint density at radius 3 is 2.91 bits per heavy atom. The van der Waals surface area contributed by atoms with Crippen molar-refractivity contribution in [3.63, 3.8) is 0 Å². The third-order valence-electron chi connectivity index (χ3n) is 4.35. The van der Waals surface area contributed by atoms with Crippen LogP contribution in [0.15, 0.2) is 36.5 Å². The van der Waals surface area contributed by atoms with Gasteiger partial charge in [-0.3, -0.25) is 9.89 Å². The Hall–Kier alpha value is -2.30. The van der Waals surface area contributed by atoms with Crippen molar-refractivity contribution < 1.29 is 9.53 Å². The van der Waals surface area contributed by atoms with Crippen LogP contribution in [0.5, 0.6) is 5.75 Å². The molecular formula is C18H23N3O2. The minimum absolute atomic E-state index is 0.121. The highest BCUT2D eigenvalue weighted by atomic mass is 16.5. The molecule has 0 aliphatic carbocycles. The zero-order valence-corrected chi connectivity index (χ0v) is 13.5. The maximum absolute atomic E-state index is 12.6. The van der Waals surface area contributed by atoms with E-state index in [0.717, 1.165) is 42.8 Å². The molecule has 0 unspecified atom stereocenters. The van der Waals surface area contributed by atoms with Crippen molar-refractivity contribution in [2.45, 2.75) is 38.6 Å². The fourth-order valence-electron chi connectivity index (χ4n) is 3.14. The van der Waals surface area contributed by atoms with Crippen LogP contribution in [0.1, 0.15) is 43.0 Å². The number of H-pyrrole nitrogens is 1. The number of para-hydroxylation sites is 1. The Labute approximate surface area is 136 Å². The van der Waals surface area contributed by atoms with Gasteiger partial charge in [0.1, 0.15) is 5.75 Å². The summed E-state index contributed by atoms with van der Waals surface area (Å²) in [5.41, 5.74) is 2.19. The molecule has 1 aliphatic heterocycles. The van der Waals surface area contributed by atoms with Crippen LogP contribution in [-0.2, 0) is 4.79 Å². The summed E-state index contributed by atoms with van der Waals surface area (Å²) in [5, 5.41) is 7.17. The predicted molar refractivity (Wildman–Crippen MR) is 88.2 cm³/mol. The van der Waals surface area contributed by atoms with Crippen LogP contribution in [0.25, 0.3) is 0 Å². The van der Waals surface area contributed by atoms with E-state index in [9.17, 15) is 4.79 Å². The van der Waals surface area contributed by atoms with Gasteiger partial charge in [0.2, 0.25) is 5.91 Å². The van der Waals surface area contributed by atoms with Gasteiger partial charge in [-0.2, -0.15) is 5.10 Å². The topological polar surface area (TPSA) is 58.2 Å². The van der Waals surface area contributed by atoms with Crippen LogP contribution >= 0.6 is 0 Å². The van der Waals surface area contributed by atoms with Crippen LogP contribution in [0, 0.1) is 6.92 Å². The third-order valence-corrected chi connectivity index (χ3v) is 4.35. The summed E-state index contributed by atoms with van der Waals surface area (Å²) in [5.74, 6) is 0.958. The highest BCUT2D eigenvalue weighted by molar-refractivity contribution is 5.77. The Kier molecular flexibility index (Phi) is 4.95. The first-order chi connectivity index (χ1) is 11.3. The molecule has 1 fully saturated rings. The van der Waals surface area contributed by atoms with Gasteiger partial charge in [0.05, 0.1) is 31.0 Å². The maximum Gasteiger partial charge on any atom is 0.226 e. The second-order valence-corrected chi connectivity index (χ2v) is 5.98. The fourth-order valence-corrected chi connectivity index (χ4v) is 3.14. The zero-order chi connectivity index (χ0) is 16.1. The third kappa shape index (κ3) is 3.73. The van der Waals surface area contributed by atoms with Gasteiger partial charge in [0.25, 0.3) is 0 Å². The van der Waals surface area contributed by atoms with E-state index < -0.39 is 0 Å². The van der Waals surface area contributed by atoms with Gasteiger partial charge < -0.3 is 9.64 Å². The molecule has 5 nitrogen and oxygen atoms in total. The quantitative estimate of drug-likeness (QED) is 0.922. The molecule has 0 spiro atoms. The van der Waals surface area contributed by atoms with Gasteiger partial charge in [0, 0.05) is 6.54 Å².